The van der Waals surface area contributed by atoms with Gasteiger partial charge in [-0.05, 0) is 94.0 Å². The number of alkyl halides is 6. The molecule has 1 saturated carbocycles. The van der Waals surface area contributed by atoms with Gasteiger partial charge >= 0.3 is 12.4 Å². The van der Waals surface area contributed by atoms with Gasteiger partial charge in [-0.2, -0.15) is 26.3 Å². The number of halogens is 6. The fourth-order valence-corrected chi connectivity index (χ4v) is 4.41. The van der Waals surface area contributed by atoms with Crippen LogP contribution in [0.3, 0.4) is 0 Å². The van der Waals surface area contributed by atoms with Crippen molar-refractivity contribution in [1.29, 1.82) is 0 Å². The van der Waals surface area contributed by atoms with Gasteiger partial charge in [0.1, 0.15) is 18.9 Å². The van der Waals surface area contributed by atoms with Crippen LogP contribution in [0.15, 0.2) is 71.5 Å². The Morgan fingerprint density at radius 1 is 0.857 bits per heavy atom. The molecule has 56 heavy (non-hydrogen) atoms. The van der Waals surface area contributed by atoms with Crippen LogP contribution in [-0.4, -0.2) is 30.0 Å². The summed E-state index contributed by atoms with van der Waals surface area (Å²) < 4.78 is 76.1. The minimum atomic E-state index is -4.35. The van der Waals surface area contributed by atoms with Crippen molar-refractivity contribution in [3.8, 4) is 11.1 Å². The summed E-state index contributed by atoms with van der Waals surface area (Å²) in [5.41, 5.74) is 3.03. The molecule has 0 radical (unpaired) electrons. The Kier molecular flexibility index (Phi) is 32.6. The van der Waals surface area contributed by atoms with E-state index in [1.165, 1.54) is 50.6 Å². The summed E-state index contributed by atoms with van der Waals surface area (Å²) in [5.74, 6) is 1.33. The molecule has 1 aromatic carbocycles. The normalized spacial score (nSPS) is 13.6. The fraction of sp³-hybridized carbons (Fsp3) is 0.565. The summed E-state index contributed by atoms with van der Waals surface area (Å²) in [5, 5.41) is 0. The van der Waals surface area contributed by atoms with Crippen LogP contribution in [0.25, 0.3) is 11.1 Å². The molecule has 4 rings (SSSR count). The summed E-state index contributed by atoms with van der Waals surface area (Å²) in [4.78, 5) is 33.3. The average Bonchev–Trinajstić information content (AvgIpc) is 3.97. The third-order valence-electron chi connectivity index (χ3n) is 8.09. The van der Waals surface area contributed by atoms with E-state index < -0.39 is 23.5 Å². The number of benzene rings is 1. The fourth-order valence-electron chi connectivity index (χ4n) is 4.41. The van der Waals surface area contributed by atoms with Gasteiger partial charge in [-0.25, -0.2) is 0 Å². The third kappa shape index (κ3) is 27.7. The molecule has 0 spiro atoms. The molecule has 0 saturated heterocycles. The lowest BCUT2D eigenvalue weighted by atomic mass is 9.97. The second-order valence-corrected chi connectivity index (χ2v) is 13.7. The van der Waals surface area contributed by atoms with Gasteiger partial charge in [0.05, 0.1) is 11.5 Å². The second-order valence-electron chi connectivity index (χ2n) is 13.7. The minimum absolute atomic E-state index is 0.00716. The molecule has 0 amide bonds. The highest BCUT2D eigenvalue weighted by molar-refractivity contribution is 5.77. The van der Waals surface area contributed by atoms with Crippen molar-refractivity contribution in [3.05, 3.63) is 88.3 Å². The number of carbonyl (C=O) groups excluding carboxylic acids is 3. The Hall–Kier alpha value is -3.82. The molecule has 0 bridgehead atoms. The SMILES string of the molecule is CC.CC1CC1.CC=O.CCC.CCC(C)CCC(C=O)C=O.CCCC1=CC=C(C(F)(F)F)CC(C)=C1.Cc1cc(-c2ccccc2C(F)(F)F)cnc1C. The van der Waals surface area contributed by atoms with Crippen LogP contribution in [0.4, 0.5) is 26.3 Å². The number of carbonyl (C=O) groups is 3. The van der Waals surface area contributed by atoms with E-state index in [0.717, 1.165) is 78.9 Å². The number of rotatable bonds is 9. The molecule has 2 aromatic rings. The highest BCUT2D eigenvalue weighted by Gasteiger charge is 2.34. The van der Waals surface area contributed by atoms with Crippen molar-refractivity contribution in [1.82, 2.24) is 4.98 Å². The van der Waals surface area contributed by atoms with Gasteiger partial charge in [-0.3, -0.25) is 4.98 Å². The first kappa shape index (κ1) is 56.5. The van der Waals surface area contributed by atoms with Crippen molar-refractivity contribution >= 4 is 18.9 Å². The van der Waals surface area contributed by atoms with E-state index in [9.17, 15) is 35.9 Å². The largest absolute Gasteiger partial charge is 0.417 e. The Morgan fingerprint density at radius 3 is 1.79 bits per heavy atom. The molecule has 0 aliphatic heterocycles. The number of pyridine rings is 1. The Labute approximate surface area is 334 Å². The maximum absolute atomic E-state index is 12.9. The number of allylic oxidation sites excluding steroid dienone is 6. The summed E-state index contributed by atoms with van der Waals surface area (Å²) in [6, 6.07) is 7.27. The predicted octanol–water partition coefficient (Wildman–Crippen LogP) is 14.8. The monoisotopic (exact) mass is 798 g/mol. The lowest BCUT2D eigenvalue weighted by molar-refractivity contribution is -0.137. The minimum Gasteiger partial charge on any atom is -0.304 e. The molecule has 1 aromatic heterocycles. The molecule has 2 aliphatic rings. The predicted molar refractivity (Wildman–Crippen MR) is 221 cm³/mol. The van der Waals surface area contributed by atoms with Gasteiger partial charge in [0.25, 0.3) is 0 Å². The topological polar surface area (TPSA) is 64.1 Å². The standard InChI is InChI=1S/C14H12F3N.C12H15F3.C9H16O2.C4H8.C3H8.C2H4O.C2H6/c1-9-7-11(8-18-10(9)2)12-5-3-4-6-13(12)14(15,16)17;1-3-4-10-5-6-11(12(13,14)15)8-9(2)7-10;1-3-8(2)4-5-9(6-10)7-11;1-4-2-3-4;1-3-2;1-2-3;1-2/h3-8H,1-2H3;5-7H,3-4,8H2,1-2H3;6-9H,3-5H2,1-2H3;4H,2-3H2,1H3;3H2,1-2H3;2H,1H3;1-2H3. The maximum Gasteiger partial charge on any atom is 0.417 e. The summed E-state index contributed by atoms with van der Waals surface area (Å²) >= 11 is 0. The quantitative estimate of drug-likeness (QED) is 0.144. The first-order valence-corrected chi connectivity index (χ1v) is 19.8. The molecule has 1 unspecified atom stereocenters. The number of hydrogen-bond donors (Lipinski definition) is 0. The first-order valence-electron chi connectivity index (χ1n) is 19.8. The maximum atomic E-state index is 12.9. The zero-order chi connectivity index (χ0) is 43.9. The van der Waals surface area contributed by atoms with Gasteiger partial charge < -0.3 is 14.4 Å². The van der Waals surface area contributed by atoms with Gasteiger partial charge in [0.15, 0.2) is 0 Å². The number of hydrogen-bond acceptors (Lipinski definition) is 4. The van der Waals surface area contributed by atoms with E-state index in [1.54, 1.807) is 25.1 Å². The van der Waals surface area contributed by atoms with E-state index in [4.69, 9.17) is 4.79 Å². The van der Waals surface area contributed by atoms with Crippen LogP contribution < -0.4 is 0 Å². The van der Waals surface area contributed by atoms with Crippen molar-refractivity contribution < 1.29 is 40.7 Å². The Morgan fingerprint density at radius 2 is 1.38 bits per heavy atom. The van der Waals surface area contributed by atoms with Crippen LogP contribution in [0.5, 0.6) is 0 Å². The molecule has 1 fully saturated rings. The van der Waals surface area contributed by atoms with E-state index in [-0.39, 0.29) is 17.9 Å². The Bertz CT molecular complexity index is 1450. The zero-order valence-corrected chi connectivity index (χ0v) is 36.0. The second kappa shape index (κ2) is 32.3. The zero-order valence-electron chi connectivity index (χ0n) is 36.0. The van der Waals surface area contributed by atoms with Gasteiger partial charge in [0, 0.05) is 23.0 Å². The molecule has 10 heteroatoms. The van der Waals surface area contributed by atoms with Crippen LogP contribution in [0.2, 0.25) is 0 Å². The number of aryl methyl sites for hydroxylation is 2. The van der Waals surface area contributed by atoms with E-state index in [1.807, 2.05) is 40.7 Å². The molecule has 2 aliphatic carbocycles. The van der Waals surface area contributed by atoms with Gasteiger partial charge in [-0.1, -0.05) is 129 Å². The molecule has 318 valence electrons. The summed E-state index contributed by atoms with van der Waals surface area (Å²) in [6.07, 6.45) is 8.60. The van der Waals surface area contributed by atoms with Crippen LogP contribution in [-0.2, 0) is 20.6 Å². The van der Waals surface area contributed by atoms with Crippen molar-refractivity contribution in [2.75, 3.05) is 0 Å². The van der Waals surface area contributed by atoms with Crippen molar-refractivity contribution in [2.24, 2.45) is 17.8 Å². The lowest BCUT2D eigenvalue weighted by Crippen LogP contribution is -2.11. The van der Waals surface area contributed by atoms with Crippen molar-refractivity contribution in [2.45, 2.75) is 153 Å². The van der Waals surface area contributed by atoms with Crippen molar-refractivity contribution in [3.63, 3.8) is 0 Å². The molecule has 0 N–H and O–H groups in total. The van der Waals surface area contributed by atoms with Gasteiger partial charge in [-0.15, -0.1) is 0 Å². The highest BCUT2D eigenvalue weighted by atomic mass is 19.4. The lowest BCUT2D eigenvalue weighted by Gasteiger charge is -2.13. The van der Waals surface area contributed by atoms with E-state index >= 15 is 0 Å². The van der Waals surface area contributed by atoms with Crippen LogP contribution in [0, 0.1) is 31.6 Å². The van der Waals surface area contributed by atoms with Gasteiger partial charge in [0.2, 0.25) is 0 Å². The van der Waals surface area contributed by atoms with E-state index in [0.29, 0.717) is 17.9 Å². The van der Waals surface area contributed by atoms with Crippen LogP contribution in [0.1, 0.15) is 144 Å². The smallest absolute Gasteiger partial charge is 0.304 e. The highest BCUT2D eigenvalue weighted by Crippen LogP contribution is 2.37. The Balaban J connectivity index is -0.000000667. The molecule has 4 nitrogen and oxygen atoms in total. The summed E-state index contributed by atoms with van der Waals surface area (Å²) in [7, 11) is 0. The van der Waals surface area contributed by atoms with E-state index in [2.05, 4.69) is 39.6 Å². The number of aromatic nitrogens is 1. The third-order valence-corrected chi connectivity index (χ3v) is 8.09. The first-order chi connectivity index (χ1) is 26.3. The molecular weight excluding hydrogens is 728 g/mol. The number of aldehydes is 3. The van der Waals surface area contributed by atoms with Crippen LogP contribution >= 0.6 is 0 Å². The molecular formula is C46H69F6NO3. The number of nitrogens with zero attached hydrogens (tertiary/aromatic N) is 1. The average molecular weight is 798 g/mol. The molecule has 1 heterocycles. The summed E-state index contributed by atoms with van der Waals surface area (Å²) in [6.45, 7) is 23.6. The molecule has 1 atom stereocenters.